The molecule has 0 amide bonds. The molecule has 0 aromatic carbocycles. The van der Waals surface area contributed by atoms with Gasteiger partial charge in [0.25, 0.3) is 0 Å². The van der Waals surface area contributed by atoms with Crippen molar-refractivity contribution in [1.82, 2.24) is 0 Å². The molecule has 0 unspecified atom stereocenters. The third kappa shape index (κ3) is 1.63. The minimum absolute atomic E-state index is 0.135. The molecule has 6 aliphatic rings. The molecule has 27 heavy (non-hydrogen) atoms. The van der Waals surface area contributed by atoms with Crippen molar-refractivity contribution in [3.63, 3.8) is 0 Å². The highest BCUT2D eigenvalue weighted by Crippen LogP contribution is 2.76. The van der Waals surface area contributed by atoms with Crippen LogP contribution in [0.4, 0.5) is 0 Å². The second kappa shape index (κ2) is 4.93. The standard InChI is InChI=1S/C20H28O7/c1-9(21)10-4-5-11-18-8-26-20(25)15(27-16(24)19(11,20)14(10)23)13(18)17(2,3)7-6-12(18)22/h10-15,22-23,25H,4-8H2,1-3H3/t10-,11-,12-,13+,14+,15-,18+,19+,20+/m0/s1. The van der Waals surface area contributed by atoms with Gasteiger partial charge in [-0.05, 0) is 43.9 Å². The number of aliphatic hydroxyl groups is 3. The third-order valence-electron chi connectivity index (χ3n) is 8.83. The Hall–Kier alpha value is -1.02. The van der Waals surface area contributed by atoms with E-state index in [2.05, 4.69) is 13.8 Å². The molecule has 0 aromatic heterocycles. The maximum Gasteiger partial charge on any atom is 0.321 e. The lowest BCUT2D eigenvalue weighted by Crippen LogP contribution is -2.83. The van der Waals surface area contributed by atoms with Gasteiger partial charge in [0.1, 0.15) is 5.78 Å². The number of carbonyl (C=O) groups is 2. The summed E-state index contributed by atoms with van der Waals surface area (Å²) >= 11 is 0. The molecule has 150 valence electrons. The first-order valence-corrected chi connectivity index (χ1v) is 9.99. The number of ketones is 1. The minimum Gasteiger partial charge on any atom is -0.456 e. The lowest BCUT2D eigenvalue weighted by atomic mass is 9.35. The molecule has 0 radical (unpaired) electrons. The summed E-state index contributed by atoms with van der Waals surface area (Å²) in [5.41, 5.74) is -2.75. The number of ether oxygens (including phenoxy) is 2. The van der Waals surface area contributed by atoms with Gasteiger partial charge in [0.05, 0.1) is 18.8 Å². The maximum atomic E-state index is 13.2. The highest BCUT2D eigenvalue weighted by Gasteiger charge is 2.89. The molecule has 7 heteroatoms. The summed E-state index contributed by atoms with van der Waals surface area (Å²) in [4.78, 5) is 25.4. The highest BCUT2D eigenvalue weighted by atomic mass is 16.7. The molecule has 6 rings (SSSR count). The van der Waals surface area contributed by atoms with Crippen LogP contribution in [0.15, 0.2) is 0 Å². The highest BCUT2D eigenvalue weighted by molar-refractivity contribution is 5.87. The molecule has 9 atom stereocenters. The largest absolute Gasteiger partial charge is 0.456 e. The molecule has 3 saturated carbocycles. The van der Waals surface area contributed by atoms with E-state index in [1.54, 1.807) is 0 Å². The van der Waals surface area contributed by atoms with Crippen LogP contribution in [0.2, 0.25) is 0 Å². The van der Waals surface area contributed by atoms with E-state index >= 15 is 0 Å². The molecule has 6 fully saturated rings. The van der Waals surface area contributed by atoms with Crippen molar-refractivity contribution in [3.8, 4) is 0 Å². The van der Waals surface area contributed by atoms with Crippen molar-refractivity contribution >= 4 is 11.8 Å². The number of hydrogen-bond acceptors (Lipinski definition) is 7. The lowest BCUT2D eigenvalue weighted by molar-refractivity contribution is -0.435. The zero-order valence-corrected chi connectivity index (χ0v) is 16.0. The summed E-state index contributed by atoms with van der Waals surface area (Å²) in [7, 11) is 0. The summed E-state index contributed by atoms with van der Waals surface area (Å²) in [5.74, 6) is -4.37. The van der Waals surface area contributed by atoms with Gasteiger partial charge in [-0.1, -0.05) is 13.8 Å². The van der Waals surface area contributed by atoms with E-state index in [-0.39, 0.29) is 23.7 Å². The molecular weight excluding hydrogens is 352 g/mol. The van der Waals surface area contributed by atoms with Crippen molar-refractivity contribution in [2.24, 2.45) is 34.0 Å². The molecule has 3 heterocycles. The molecule has 3 N–H and O–H groups in total. The van der Waals surface area contributed by atoms with Crippen molar-refractivity contribution in [1.29, 1.82) is 0 Å². The Bertz CT molecular complexity index is 734. The van der Waals surface area contributed by atoms with Gasteiger partial charge in [-0.25, -0.2) is 0 Å². The zero-order chi connectivity index (χ0) is 19.6. The second-order valence-corrected chi connectivity index (χ2v) is 10.1. The lowest BCUT2D eigenvalue weighted by Gasteiger charge is -2.72. The summed E-state index contributed by atoms with van der Waals surface area (Å²) in [6.45, 7) is 5.70. The molecule has 3 aliphatic heterocycles. The Labute approximate surface area is 158 Å². The van der Waals surface area contributed by atoms with Crippen LogP contribution in [-0.2, 0) is 19.1 Å². The van der Waals surface area contributed by atoms with Crippen molar-refractivity contribution in [2.75, 3.05) is 6.61 Å². The van der Waals surface area contributed by atoms with Gasteiger partial charge in [0.15, 0.2) is 11.5 Å². The number of rotatable bonds is 1. The number of fused-ring (bicyclic) bond motifs is 1. The quantitative estimate of drug-likeness (QED) is 0.564. The number of Topliss-reactive ketones (excluding diaryl/α,β-unsaturated/α-hetero) is 1. The Morgan fingerprint density at radius 3 is 2.56 bits per heavy atom. The Balaban J connectivity index is 1.77. The summed E-state index contributed by atoms with van der Waals surface area (Å²) in [6.07, 6.45) is -0.805. The Kier molecular flexibility index (Phi) is 3.29. The fourth-order valence-corrected chi connectivity index (χ4v) is 7.80. The van der Waals surface area contributed by atoms with Crippen LogP contribution in [-0.4, -0.2) is 57.8 Å². The number of esters is 1. The first-order chi connectivity index (χ1) is 12.5. The average molecular weight is 380 g/mol. The monoisotopic (exact) mass is 380 g/mol. The van der Waals surface area contributed by atoms with Gasteiger partial charge in [-0.15, -0.1) is 0 Å². The maximum absolute atomic E-state index is 13.2. The molecule has 7 nitrogen and oxygen atoms in total. The third-order valence-corrected chi connectivity index (χ3v) is 8.83. The van der Waals surface area contributed by atoms with E-state index in [1.165, 1.54) is 6.92 Å². The van der Waals surface area contributed by atoms with Gasteiger partial charge in [-0.3, -0.25) is 9.59 Å². The average Bonchev–Trinajstić information content (AvgIpc) is 2.75. The first-order valence-electron chi connectivity index (χ1n) is 9.99. The van der Waals surface area contributed by atoms with Gasteiger partial charge in [-0.2, -0.15) is 0 Å². The van der Waals surface area contributed by atoms with Crippen LogP contribution in [0.1, 0.15) is 46.5 Å². The summed E-state index contributed by atoms with van der Waals surface area (Å²) < 4.78 is 11.6. The van der Waals surface area contributed by atoms with Gasteiger partial charge in [0.2, 0.25) is 5.79 Å². The molecular formula is C20H28O7. The van der Waals surface area contributed by atoms with E-state index in [1.807, 2.05) is 0 Å². The van der Waals surface area contributed by atoms with Crippen LogP contribution in [0, 0.1) is 34.0 Å². The molecule has 4 bridgehead atoms. The molecule has 0 aromatic rings. The predicted molar refractivity (Wildman–Crippen MR) is 91.1 cm³/mol. The molecule has 3 aliphatic carbocycles. The van der Waals surface area contributed by atoms with Crippen LogP contribution in [0.3, 0.4) is 0 Å². The molecule has 2 spiro atoms. The van der Waals surface area contributed by atoms with Gasteiger partial charge < -0.3 is 24.8 Å². The second-order valence-electron chi connectivity index (χ2n) is 10.1. The Morgan fingerprint density at radius 1 is 1.19 bits per heavy atom. The van der Waals surface area contributed by atoms with E-state index in [0.717, 1.165) is 6.42 Å². The normalized spacial score (nSPS) is 57.6. The fourth-order valence-electron chi connectivity index (χ4n) is 7.80. The van der Waals surface area contributed by atoms with Crippen LogP contribution >= 0.6 is 0 Å². The van der Waals surface area contributed by atoms with Gasteiger partial charge in [0, 0.05) is 17.3 Å². The van der Waals surface area contributed by atoms with Crippen molar-refractivity contribution < 1.29 is 34.4 Å². The topological polar surface area (TPSA) is 113 Å². The van der Waals surface area contributed by atoms with Crippen LogP contribution < -0.4 is 0 Å². The SMILES string of the molecule is CC(=O)[C@@H]1CC[C@H]2[C@@]34CO[C@]5(O)[C@@H](OC(=O)[C@]25[C@@H]1O)[C@@H]3C(C)(C)CC[C@@H]4O. The minimum atomic E-state index is -1.97. The van der Waals surface area contributed by atoms with Crippen molar-refractivity contribution in [2.45, 2.75) is 70.6 Å². The first kappa shape index (κ1) is 18.0. The summed E-state index contributed by atoms with van der Waals surface area (Å²) in [6, 6.07) is 0. The molecule has 3 saturated heterocycles. The number of carbonyl (C=O) groups excluding carboxylic acids is 2. The smallest absolute Gasteiger partial charge is 0.321 e. The van der Waals surface area contributed by atoms with E-state index < -0.39 is 52.7 Å². The van der Waals surface area contributed by atoms with Crippen LogP contribution in [0.25, 0.3) is 0 Å². The van der Waals surface area contributed by atoms with Gasteiger partial charge >= 0.3 is 5.97 Å². The predicted octanol–water partition coefficient (Wildman–Crippen LogP) is 0.390. The summed E-state index contributed by atoms with van der Waals surface area (Å²) in [5, 5.41) is 34.1. The number of hydrogen-bond donors (Lipinski definition) is 3. The fraction of sp³-hybridized carbons (Fsp3) is 0.900. The van der Waals surface area contributed by atoms with E-state index in [9.17, 15) is 24.9 Å². The Morgan fingerprint density at radius 2 is 1.89 bits per heavy atom. The zero-order valence-electron chi connectivity index (χ0n) is 16.0. The van der Waals surface area contributed by atoms with E-state index in [4.69, 9.17) is 9.47 Å². The van der Waals surface area contributed by atoms with Crippen LogP contribution in [0.5, 0.6) is 0 Å². The number of aliphatic hydroxyl groups excluding tert-OH is 2. The van der Waals surface area contributed by atoms with Crippen molar-refractivity contribution in [3.05, 3.63) is 0 Å². The van der Waals surface area contributed by atoms with E-state index in [0.29, 0.717) is 19.3 Å².